The van der Waals surface area contributed by atoms with Crippen LogP contribution in [0.4, 0.5) is 0 Å². The van der Waals surface area contributed by atoms with E-state index < -0.39 is 0 Å². The summed E-state index contributed by atoms with van der Waals surface area (Å²) in [5, 5.41) is 8.80. The topological polar surface area (TPSA) is 50.1 Å². The number of benzene rings is 1. The molecule has 0 aliphatic heterocycles. The molecule has 0 aromatic heterocycles. The maximum atomic E-state index is 11.4. The Hall–Kier alpha value is -0.800. The van der Waals surface area contributed by atoms with E-state index in [-0.39, 0.29) is 11.7 Å². The van der Waals surface area contributed by atoms with Crippen LogP contribution in [0.5, 0.6) is 5.75 Å². The maximum absolute atomic E-state index is 11.4. The molecule has 0 saturated carbocycles. The summed E-state index contributed by atoms with van der Waals surface area (Å²) in [5.41, 5.74) is 0.898. The summed E-state index contributed by atoms with van der Waals surface area (Å²) >= 11 is 7.44. The number of carbonyl (C=O) groups is 1. The van der Waals surface area contributed by atoms with Gasteiger partial charge in [0.05, 0.1) is 27.7 Å². The first-order valence-electron chi connectivity index (χ1n) is 4.01. The van der Waals surface area contributed by atoms with Crippen LogP contribution in [-0.2, 0) is 0 Å². The number of hydrogen-bond acceptors (Lipinski definition) is 3. The van der Waals surface area contributed by atoms with Gasteiger partial charge in [-0.15, -0.1) is 11.6 Å². The van der Waals surface area contributed by atoms with Gasteiger partial charge in [0.25, 0.3) is 0 Å². The second-order valence-corrected chi connectivity index (χ2v) is 4.02. The summed E-state index contributed by atoms with van der Waals surface area (Å²) in [4.78, 5) is 11.4. The van der Waals surface area contributed by atoms with Gasteiger partial charge in [0.1, 0.15) is 11.8 Å². The van der Waals surface area contributed by atoms with E-state index in [0.29, 0.717) is 20.4 Å². The molecule has 0 fully saturated rings. The third-order valence-electron chi connectivity index (χ3n) is 1.84. The summed E-state index contributed by atoms with van der Waals surface area (Å²) < 4.78 is 5.74. The van der Waals surface area contributed by atoms with E-state index in [0.717, 1.165) is 0 Å². The number of ketones is 1. The number of nitriles is 1. The predicted octanol–water partition coefficient (Wildman–Crippen LogP) is 2.59. The van der Waals surface area contributed by atoms with Crippen LogP contribution < -0.4 is 4.74 Å². The molecule has 0 bridgehead atoms. The number of rotatable bonds is 3. The zero-order chi connectivity index (χ0) is 11.4. The van der Waals surface area contributed by atoms with Gasteiger partial charge >= 0.3 is 0 Å². The van der Waals surface area contributed by atoms with Gasteiger partial charge in [0.2, 0.25) is 0 Å². The smallest absolute Gasteiger partial charge is 0.181 e. The van der Waals surface area contributed by atoms with Gasteiger partial charge < -0.3 is 4.74 Å². The third kappa shape index (κ3) is 2.41. The first-order chi connectivity index (χ1) is 7.15. The van der Waals surface area contributed by atoms with Crippen molar-refractivity contribution in [2.45, 2.75) is 0 Å². The molecule has 1 aromatic rings. The Labute approximate surface area is 106 Å². The quantitative estimate of drug-likeness (QED) is 0.485. The van der Waals surface area contributed by atoms with Crippen LogP contribution in [-0.4, -0.2) is 18.8 Å². The summed E-state index contributed by atoms with van der Waals surface area (Å²) in [6.07, 6.45) is 0. The Morgan fingerprint density at radius 2 is 2.33 bits per heavy atom. The second kappa shape index (κ2) is 5.33. The number of alkyl halides is 1. The van der Waals surface area contributed by atoms with Crippen LogP contribution in [0.1, 0.15) is 15.9 Å². The summed E-state index contributed by atoms with van der Waals surface area (Å²) in [6, 6.07) is 5.17. The maximum Gasteiger partial charge on any atom is 0.181 e. The van der Waals surface area contributed by atoms with Crippen molar-refractivity contribution in [2.75, 3.05) is 13.0 Å². The Bertz CT molecular complexity index is 440. The van der Waals surface area contributed by atoms with Crippen molar-refractivity contribution in [3.63, 3.8) is 0 Å². The monoisotopic (exact) mass is 335 g/mol. The minimum atomic E-state index is -0.212. The molecule has 1 aromatic carbocycles. The van der Waals surface area contributed by atoms with Crippen molar-refractivity contribution in [1.29, 1.82) is 5.26 Å². The molecular weight excluding hydrogens is 328 g/mol. The number of hydrogen-bond donors (Lipinski definition) is 0. The van der Waals surface area contributed by atoms with Crippen LogP contribution in [0, 0.1) is 14.9 Å². The Balaban J connectivity index is 3.39. The summed E-state index contributed by atoms with van der Waals surface area (Å²) in [5.74, 6) is 0.106. The first kappa shape index (κ1) is 12.3. The van der Waals surface area contributed by atoms with Crippen molar-refractivity contribution >= 4 is 40.0 Å². The highest BCUT2D eigenvalue weighted by atomic mass is 127. The van der Waals surface area contributed by atoms with E-state index in [2.05, 4.69) is 0 Å². The van der Waals surface area contributed by atoms with Crippen molar-refractivity contribution in [3.8, 4) is 11.8 Å². The van der Waals surface area contributed by atoms with Crippen molar-refractivity contribution in [1.82, 2.24) is 0 Å². The van der Waals surface area contributed by atoms with Crippen LogP contribution in [0.3, 0.4) is 0 Å². The number of halogens is 2. The highest BCUT2D eigenvalue weighted by Crippen LogP contribution is 2.28. The molecule has 0 saturated heterocycles. The molecule has 0 radical (unpaired) electrons. The molecule has 0 unspecified atom stereocenters. The summed E-state index contributed by atoms with van der Waals surface area (Å²) in [6.45, 7) is 0. The van der Waals surface area contributed by atoms with E-state index in [1.165, 1.54) is 7.11 Å². The molecule has 5 heteroatoms. The lowest BCUT2D eigenvalue weighted by Gasteiger charge is -2.09. The Kier molecular flexibility index (Phi) is 4.36. The molecule has 1 rings (SSSR count). The number of nitrogens with zero attached hydrogens (tertiary/aromatic N) is 1. The number of carbonyl (C=O) groups excluding carboxylic acids is 1. The van der Waals surface area contributed by atoms with Gasteiger partial charge in [-0.2, -0.15) is 5.26 Å². The SMILES string of the molecule is COc1c(C(=O)CCl)ccc(C#N)c1I. The molecule has 0 N–H and O–H groups in total. The third-order valence-corrected chi connectivity index (χ3v) is 3.16. The fourth-order valence-electron chi connectivity index (χ4n) is 1.13. The molecular formula is C10H7ClINO2. The Morgan fingerprint density at radius 1 is 1.67 bits per heavy atom. The van der Waals surface area contributed by atoms with E-state index in [1.807, 2.05) is 28.7 Å². The fourth-order valence-corrected chi connectivity index (χ4v) is 2.09. The number of ether oxygens (including phenoxy) is 1. The first-order valence-corrected chi connectivity index (χ1v) is 5.62. The van der Waals surface area contributed by atoms with Gasteiger partial charge in [0.15, 0.2) is 5.78 Å². The lowest BCUT2D eigenvalue weighted by Crippen LogP contribution is -2.05. The molecule has 78 valence electrons. The van der Waals surface area contributed by atoms with Crippen LogP contribution in [0.15, 0.2) is 12.1 Å². The highest BCUT2D eigenvalue weighted by Gasteiger charge is 2.16. The average molecular weight is 336 g/mol. The van der Waals surface area contributed by atoms with Gasteiger partial charge in [-0.05, 0) is 34.7 Å². The van der Waals surface area contributed by atoms with E-state index >= 15 is 0 Å². The van der Waals surface area contributed by atoms with Crippen LogP contribution in [0.25, 0.3) is 0 Å². The molecule has 0 aliphatic carbocycles. The minimum absolute atomic E-state index is 0.0989. The molecule has 0 atom stereocenters. The molecule has 15 heavy (non-hydrogen) atoms. The average Bonchev–Trinajstić information content (AvgIpc) is 2.27. The number of methoxy groups -OCH3 is 1. The van der Waals surface area contributed by atoms with Crippen LogP contribution >= 0.6 is 34.2 Å². The van der Waals surface area contributed by atoms with Crippen molar-refractivity contribution < 1.29 is 9.53 Å². The minimum Gasteiger partial charge on any atom is -0.495 e. The zero-order valence-electron chi connectivity index (χ0n) is 7.88. The highest BCUT2D eigenvalue weighted by molar-refractivity contribution is 14.1. The molecule has 0 amide bonds. The fraction of sp³-hybridized carbons (Fsp3) is 0.200. The standard InChI is InChI=1S/C10H7ClINO2/c1-15-10-7(8(14)4-11)3-2-6(5-13)9(10)12/h2-3H,4H2,1H3. The van der Waals surface area contributed by atoms with E-state index in [4.69, 9.17) is 21.6 Å². The summed E-state index contributed by atoms with van der Waals surface area (Å²) in [7, 11) is 1.46. The van der Waals surface area contributed by atoms with E-state index in [9.17, 15) is 4.79 Å². The molecule has 0 spiro atoms. The Morgan fingerprint density at radius 3 is 2.80 bits per heavy atom. The van der Waals surface area contributed by atoms with Gasteiger partial charge in [-0.25, -0.2) is 0 Å². The zero-order valence-corrected chi connectivity index (χ0v) is 10.8. The molecule has 0 aliphatic rings. The van der Waals surface area contributed by atoms with Gasteiger partial charge in [-0.3, -0.25) is 4.79 Å². The molecule has 0 heterocycles. The van der Waals surface area contributed by atoms with Crippen LogP contribution in [0.2, 0.25) is 0 Å². The van der Waals surface area contributed by atoms with Crippen molar-refractivity contribution in [2.24, 2.45) is 0 Å². The van der Waals surface area contributed by atoms with Gasteiger partial charge in [0, 0.05) is 0 Å². The van der Waals surface area contributed by atoms with Crippen molar-refractivity contribution in [3.05, 3.63) is 26.8 Å². The largest absolute Gasteiger partial charge is 0.495 e. The van der Waals surface area contributed by atoms with E-state index in [1.54, 1.807) is 12.1 Å². The second-order valence-electron chi connectivity index (χ2n) is 2.68. The normalized spacial score (nSPS) is 9.47. The number of Topliss-reactive ketones (excluding diaryl/α,β-unsaturated/α-hetero) is 1. The lowest BCUT2D eigenvalue weighted by atomic mass is 10.1. The predicted molar refractivity (Wildman–Crippen MR) is 65.5 cm³/mol. The lowest BCUT2D eigenvalue weighted by molar-refractivity contribution is 0.101. The van der Waals surface area contributed by atoms with Gasteiger partial charge in [-0.1, -0.05) is 0 Å². The molecule has 3 nitrogen and oxygen atoms in total.